The molecule has 2 N–H and O–H groups in total. The van der Waals surface area contributed by atoms with E-state index in [0.717, 1.165) is 27.1 Å². The molecule has 0 fully saturated rings. The predicted octanol–water partition coefficient (Wildman–Crippen LogP) is 6.12. The van der Waals surface area contributed by atoms with Gasteiger partial charge in [0.25, 0.3) is 0 Å². The number of hydrogen-bond donors (Lipinski definition) is 1. The van der Waals surface area contributed by atoms with E-state index in [0.29, 0.717) is 22.9 Å². The van der Waals surface area contributed by atoms with Crippen molar-refractivity contribution >= 4 is 23.2 Å². The van der Waals surface area contributed by atoms with Gasteiger partial charge in [0.2, 0.25) is 5.91 Å². The monoisotopic (exact) mass is 474 g/mol. The number of anilines is 1. The molecule has 1 aromatic carbocycles. The van der Waals surface area contributed by atoms with Crippen molar-refractivity contribution in [1.29, 1.82) is 5.26 Å². The Labute approximate surface area is 206 Å². The average Bonchev–Trinajstić information content (AvgIpc) is 3.23. The van der Waals surface area contributed by atoms with Gasteiger partial charge in [0.1, 0.15) is 11.6 Å². The lowest BCUT2D eigenvalue weighted by molar-refractivity contribution is 0.0922. The van der Waals surface area contributed by atoms with Crippen LogP contribution in [0.25, 0.3) is 5.69 Å². The lowest BCUT2D eigenvalue weighted by Gasteiger charge is -2.16. The van der Waals surface area contributed by atoms with Gasteiger partial charge in [-0.1, -0.05) is 59.2 Å². The SMILES string of the molecule is CC(=O)n1nc(C(C)(C)C)c(C#N)c1N=Nc1c(C(C)(C)C)nn(-c2c(C)cc(C)cc2C)c1N. The molecule has 35 heavy (non-hydrogen) atoms. The molecule has 0 radical (unpaired) electrons. The van der Waals surface area contributed by atoms with Gasteiger partial charge in [-0.2, -0.15) is 20.1 Å². The maximum Gasteiger partial charge on any atom is 0.245 e. The van der Waals surface area contributed by atoms with Crippen LogP contribution in [0.4, 0.5) is 17.3 Å². The van der Waals surface area contributed by atoms with Crippen molar-refractivity contribution < 1.29 is 4.79 Å². The number of carbonyl (C=O) groups excluding carboxylic acids is 1. The van der Waals surface area contributed by atoms with Gasteiger partial charge in [0.15, 0.2) is 17.3 Å². The molecule has 0 saturated heterocycles. The molecule has 0 spiro atoms. The summed E-state index contributed by atoms with van der Waals surface area (Å²) in [6.45, 7) is 19.3. The minimum atomic E-state index is -0.461. The highest BCUT2D eigenvalue weighted by Gasteiger charge is 2.30. The number of azo groups is 1. The van der Waals surface area contributed by atoms with Crippen molar-refractivity contribution in [2.24, 2.45) is 10.2 Å². The lowest BCUT2D eigenvalue weighted by Crippen LogP contribution is -2.15. The molecule has 3 aromatic rings. The zero-order valence-electron chi connectivity index (χ0n) is 22.3. The summed E-state index contributed by atoms with van der Waals surface area (Å²) in [4.78, 5) is 12.3. The van der Waals surface area contributed by atoms with Crippen molar-refractivity contribution in [1.82, 2.24) is 19.6 Å². The Morgan fingerprint density at radius 3 is 1.97 bits per heavy atom. The molecule has 0 saturated carbocycles. The van der Waals surface area contributed by atoms with Crippen molar-refractivity contribution in [3.05, 3.63) is 45.8 Å². The molecule has 0 aliphatic heterocycles. The zero-order valence-corrected chi connectivity index (χ0v) is 22.3. The number of hydrogen-bond acceptors (Lipinski definition) is 7. The summed E-state index contributed by atoms with van der Waals surface area (Å²) >= 11 is 0. The van der Waals surface area contributed by atoms with E-state index in [1.807, 2.05) is 62.3 Å². The number of nitrogens with zero attached hydrogens (tertiary/aromatic N) is 7. The molecule has 9 heteroatoms. The molecular weight excluding hydrogens is 440 g/mol. The van der Waals surface area contributed by atoms with Crippen LogP contribution in [0.5, 0.6) is 0 Å². The minimum absolute atomic E-state index is 0.0830. The molecule has 0 atom stereocenters. The van der Waals surface area contributed by atoms with Crippen LogP contribution in [0, 0.1) is 32.1 Å². The molecule has 184 valence electrons. The van der Waals surface area contributed by atoms with E-state index in [-0.39, 0.29) is 17.3 Å². The number of benzene rings is 1. The third kappa shape index (κ3) is 4.74. The van der Waals surface area contributed by atoms with Crippen molar-refractivity contribution in [3.8, 4) is 11.8 Å². The fraction of sp³-hybridized carbons (Fsp3) is 0.462. The first-order valence-electron chi connectivity index (χ1n) is 11.5. The molecule has 0 aliphatic carbocycles. The summed E-state index contributed by atoms with van der Waals surface area (Å²) in [5.74, 6) is 0.0494. The van der Waals surface area contributed by atoms with Gasteiger partial charge in [-0.25, -0.2) is 4.68 Å². The van der Waals surface area contributed by atoms with E-state index in [1.54, 1.807) is 4.68 Å². The average molecular weight is 475 g/mol. The molecule has 2 aromatic heterocycles. The van der Waals surface area contributed by atoms with Crippen molar-refractivity contribution in [3.63, 3.8) is 0 Å². The molecule has 0 bridgehead atoms. The standard InChI is InChI=1S/C26H34N8O/c1-14-11-15(2)20(16(3)12-14)34-23(28)19(22(32-34)26(8,9)10)29-30-24-18(13-27)21(25(5,6)7)31-33(24)17(4)35/h11-12H,28H2,1-10H3. The third-order valence-corrected chi connectivity index (χ3v) is 5.68. The van der Waals surface area contributed by atoms with Gasteiger partial charge in [-0.05, 0) is 31.9 Å². The second kappa shape index (κ2) is 8.77. The van der Waals surface area contributed by atoms with Crippen LogP contribution in [0.3, 0.4) is 0 Å². The van der Waals surface area contributed by atoms with E-state index in [1.165, 1.54) is 6.92 Å². The lowest BCUT2D eigenvalue weighted by atomic mass is 9.90. The Hall–Kier alpha value is -3.80. The fourth-order valence-corrected chi connectivity index (χ4v) is 4.15. The summed E-state index contributed by atoms with van der Waals surface area (Å²) in [6, 6.07) is 6.32. The minimum Gasteiger partial charge on any atom is -0.382 e. The maximum atomic E-state index is 12.3. The third-order valence-electron chi connectivity index (χ3n) is 5.68. The maximum absolute atomic E-state index is 12.3. The van der Waals surface area contributed by atoms with E-state index in [2.05, 4.69) is 33.5 Å². The summed E-state index contributed by atoms with van der Waals surface area (Å²) < 4.78 is 2.82. The molecule has 0 unspecified atom stereocenters. The first kappa shape index (κ1) is 25.8. The van der Waals surface area contributed by atoms with E-state index in [9.17, 15) is 10.1 Å². The number of aromatic nitrogens is 4. The van der Waals surface area contributed by atoms with E-state index in [4.69, 9.17) is 10.8 Å². The van der Waals surface area contributed by atoms with Crippen LogP contribution in [0.15, 0.2) is 22.4 Å². The first-order chi connectivity index (χ1) is 16.1. The van der Waals surface area contributed by atoms with Crippen LogP contribution < -0.4 is 5.73 Å². The van der Waals surface area contributed by atoms with Crippen molar-refractivity contribution in [2.75, 3.05) is 5.73 Å². The van der Waals surface area contributed by atoms with Crippen LogP contribution in [-0.2, 0) is 10.8 Å². The molecule has 3 rings (SSSR count). The summed E-state index contributed by atoms with van der Waals surface area (Å²) in [6.07, 6.45) is 0. The molecule has 0 aliphatic rings. The largest absolute Gasteiger partial charge is 0.382 e. The first-order valence-corrected chi connectivity index (χ1v) is 11.5. The number of nitrogen functional groups attached to an aromatic ring is 1. The molecule has 2 heterocycles. The van der Waals surface area contributed by atoms with Crippen LogP contribution in [0.1, 0.15) is 86.9 Å². The highest BCUT2D eigenvalue weighted by atomic mass is 16.2. The number of nitrogens with two attached hydrogens (primary N) is 1. The number of nitriles is 1. The van der Waals surface area contributed by atoms with Gasteiger partial charge in [0.05, 0.1) is 17.1 Å². The number of aryl methyl sites for hydroxylation is 3. The molecular formula is C26H34N8O. The highest BCUT2D eigenvalue weighted by Crippen LogP contribution is 2.40. The zero-order chi connectivity index (χ0) is 26.5. The van der Waals surface area contributed by atoms with Gasteiger partial charge in [0, 0.05) is 17.8 Å². The summed E-state index contributed by atoms with van der Waals surface area (Å²) in [7, 11) is 0. The van der Waals surface area contributed by atoms with Crippen LogP contribution >= 0.6 is 0 Å². The predicted molar refractivity (Wildman–Crippen MR) is 137 cm³/mol. The molecule has 9 nitrogen and oxygen atoms in total. The van der Waals surface area contributed by atoms with Crippen LogP contribution in [-0.4, -0.2) is 25.5 Å². The fourth-order valence-electron chi connectivity index (χ4n) is 4.15. The summed E-state index contributed by atoms with van der Waals surface area (Å²) in [5.41, 5.74) is 11.6. The quantitative estimate of drug-likeness (QED) is 0.457. The Balaban J connectivity index is 2.29. The molecule has 0 amide bonds. The second-order valence-corrected chi connectivity index (χ2v) is 11.0. The Bertz CT molecular complexity index is 1360. The topological polar surface area (TPSA) is 127 Å². The normalized spacial score (nSPS) is 12.4. The Kier molecular flexibility index (Phi) is 6.47. The van der Waals surface area contributed by atoms with Crippen LogP contribution in [0.2, 0.25) is 0 Å². The smallest absolute Gasteiger partial charge is 0.245 e. The van der Waals surface area contributed by atoms with Gasteiger partial charge >= 0.3 is 0 Å². The number of carbonyl (C=O) groups is 1. The van der Waals surface area contributed by atoms with E-state index >= 15 is 0 Å². The van der Waals surface area contributed by atoms with Gasteiger partial charge in [-0.15, -0.1) is 10.2 Å². The van der Waals surface area contributed by atoms with Gasteiger partial charge in [-0.3, -0.25) is 4.79 Å². The van der Waals surface area contributed by atoms with Crippen molar-refractivity contribution in [2.45, 2.75) is 80.1 Å². The Morgan fingerprint density at radius 1 is 0.971 bits per heavy atom. The van der Waals surface area contributed by atoms with E-state index < -0.39 is 10.8 Å². The summed E-state index contributed by atoms with van der Waals surface area (Å²) in [5, 5.41) is 27.9. The number of rotatable bonds is 3. The van der Waals surface area contributed by atoms with Gasteiger partial charge < -0.3 is 5.73 Å². The Morgan fingerprint density at radius 2 is 1.51 bits per heavy atom. The highest BCUT2D eigenvalue weighted by molar-refractivity contribution is 5.80. The second-order valence-electron chi connectivity index (χ2n) is 11.0.